The molecule has 1 heterocycles. The van der Waals surface area contributed by atoms with Gasteiger partial charge in [0, 0.05) is 5.56 Å². The van der Waals surface area contributed by atoms with Crippen molar-refractivity contribution in [3.8, 4) is 11.5 Å². The number of hydrogen-bond donors (Lipinski definition) is 1. The quantitative estimate of drug-likeness (QED) is 0.497. The van der Waals surface area contributed by atoms with Crippen LogP contribution in [0.4, 0.5) is 4.39 Å². The Labute approximate surface area is 186 Å². The first-order valence-corrected chi connectivity index (χ1v) is 10.7. The van der Waals surface area contributed by atoms with Crippen LogP contribution >= 0.6 is 0 Å². The van der Waals surface area contributed by atoms with Gasteiger partial charge in [0.2, 0.25) is 5.89 Å². The minimum absolute atomic E-state index is 0.0143. The molecule has 2 atom stereocenters. The van der Waals surface area contributed by atoms with Gasteiger partial charge in [-0.25, -0.2) is 14.2 Å². The number of carboxylic acids is 1. The van der Waals surface area contributed by atoms with Crippen LogP contribution < -0.4 is 0 Å². The van der Waals surface area contributed by atoms with Gasteiger partial charge in [-0.3, -0.25) is 0 Å². The van der Waals surface area contributed by atoms with E-state index in [1.807, 2.05) is 6.07 Å². The summed E-state index contributed by atoms with van der Waals surface area (Å²) in [5, 5.41) is 9.48. The molecule has 0 spiro atoms. The zero-order valence-corrected chi connectivity index (χ0v) is 17.9. The number of aromatic nitrogens is 1. The van der Waals surface area contributed by atoms with Crippen molar-refractivity contribution in [2.45, 2.75) is 58.0 Å². The Morgan fingerprint density at radius 3 is 2.56 bits per heavy atom. The number of aromatic carboxylic acids is 1. The molecule has 0 aliphatic heterocycles. The molecule has 0 amide bonds. The van der Waals surface area contributed by atoms with E-state index in [1.165, 1.54) is 12.1 Å². The zero-order chi connectivity index (χ0) is 22.5. The minimum atomic E-state index is -0.932. The van der Waals surface area contributed by atoms with E-state index in [0.29, 0.717) is 34.9 Å². The lowest BCUT2D eigenvalue weighted by atomic mass is 9.94. The van der Waals surface area contributed by atoms with E-state index in [-0.39, 0.29) is 24.6 Å². The first-order valence-electron chi connectivity index (χ1n) is 10.7. The van der Waals surface area contributed by atoms with Gasteiger partial charge >= 0.3 is 5.97 Å². The van der Waals surface area contributed by atoms with Gasteiger partial charge in [0.15, 0.2) is 5.76 Å². The predicted octanol–water partition coefficient (Wildman–Crippen LogP) is 5.53. The lowest BCUT2D eigenvalue weighted by Gasteiger charge is -2.29. The van der Waals surface area contributed by atoms with Gasteiger partial charge in [0.05, 0.1) is 30.6 Å². The monoisotopic (exact) mass is 439 g/mol. The van der Waals surface area contributed by atoms with Gasteiger partial charge in [0.25, 0.3) is 0 Å². The van der Waals surface area contributed by atoms with Crippen LogP contribution in [0.5, 0.6) is 0 Å². The molecule has 3 aromatic rings. The van der Waals surface area contributed by atoms with Crippen molar-refractivity contribution in [1.82, 2.24) is 4.98 Å². The Bertz CT molecular complexity index is 1060. The maximum Gasteiger partial charge on any atom is 0.336 e. The third-order valence-corrected chi connectivity index (χ3v) is 5.73. The molecule has 1 aliphatic rings. The molecule has 1 fully saturated rings. The minimum Gasteiger partial charge on any atom is -0.478 e. The van der Waals surface area contributed by atoms with Crippen LogP contribution in [0.2, 0.25) is 0 Å². The molecule has 1 aromatic heterocycles. The number of halogens is 1. The third kappa shape index (κ3) is 5.41. The van der Waals surface area contributed by atoms with E-state index in [4.69, 9.17) is 13.9 Å². The second-order valence-corrected chi connectivity index (χ2v) is 8.09. The van der Waals surface area contributed by atoms with E-state index in [9.17, 15) is 14.3 Å². The molecular weight excluding hydrogens is 413 g/mol. The fourth-order valence-electron chi connectivity index (χ4n) is 4.07. The first kappa shape index (κ1) is 22.2. The summed E-state index contributed by atoms with van der Waals surface area (Å²) in [5.41, 5.74) is 2.45. The van der Waals surface area contributed by atoms with Gasteiger partial charge in [-0.15, -0.1) is 0 Å². The molecule has 0 bridgehead atoms. The van der Waals surface area contributed by atoms with Gasteiger partial charge in [-0.05, 0) is 68.0 Å². The van der Waals surface area contributed by atoms with E-state index in [0.717, 1.165) is 31.2 Å². The maximum absolute atomic E-state index is 13.1. The summed E-state index contributed by atoms with van der Waals surface area (Å²) < 4.78 is 30.9. The highest BCUT2D eigenvalue weighted by molar-refractivity contribution is 5.91. The van der Waals surface area contributed by atoms with E-state index in [1.54, 1.807) is 37.4 Å². The summed E-state index contributed by atoms with van der Waals surface area (Å²) in [4.78, 5) is 15.8. The molecule has 4 rings (SSSR count). The second-order valence-electron chi connectivity index (χ2n) is 8.09. The van der Waals surface area contributed by atoms with Crippen LogP contribution in [-0.2, 0) is 22.7 Å². The number of aryl methyl sites for hydroxylation is 1. The highest BCUT2D eigenvalue weighted by Crippen LogP contribution is 2.27. The highest BCUT2D eigenvalue weighted by atomic mass is 19.1. The van der Waals surface area contributed by atoms with E-state index < -0.39 is 5.97 Å². The van der Waals surface area contributed by atoms with Crippen molar-refractivity contribution in [3.63, 3.8) is 0 Å². The zero-order valence-electron chi connectivity index (χ0n) is 17.9. The smallest absolute Gasteiger partial charge is 0.336 e. The number of ether oxygens (including phenoxy) is 2. The van der Waals surface area contributed by atoms with Crippen molar-refractivity contribution in [2.24, 2.45) is 0 Å². The molecule has 2 aromatic carbocycles. The second kappa shape index (κ2) is 10.1. The van der Waals surface area contributed by atoms with Crippen LogP contribution in [-0.4, -0.2) is 28.3 Å². The number of rotatable bonds is 8. The molecule has 1 aliphatic carbocycles. The normalized spacial score (nSPS) is 18.6. The van der Waals surface area contributed by atoms with Crippen LogP contribution in [0.25, 0.3) is 11.5 Å². The van der Waals surface area contributed by atoms with Gasteiger partial charge in [-0.1, -0.05) is 18.2 Å². The molecule has 32 heavy (non-hydrogen) atoms. The lowest BCUT2D eigenvalue weighted by Crippen LogP contribution is -2.28. The molecule has 0 unspecified atom stereocenters. The number of carboxylic acid groups (broad SMARTS) is 1. The van der Waals surface area contributed by atoms with Crippen molar-refractivity contribution >= 4 is 5.97 Å². The topological polar surface area (TPSA) is 81.8 Å². The fraction of sp³-hybridized carbons (Fsp3) is 0.360. The fourth-order valence-corrected chi connectivity index (χ4v) is 4.07. The Morgan fingerprint density at radius 1 is 1.12 bits per heavy atom. The predicted molar refractivity (Wildman–Crippen MR) is 116 cm³/mol. The summed E-state index contributed by atoms with van der Waals surface area (Å²) in [7, 11) is 0. The number of hydrogen-bond acceptors (Lipinski definition) is 5. The van der Waals surface area contributed by atoms with Gasteiger partial charge in [0.1, 0.15) is 12.4 Å². The van der Waals surface area contributed by atoms with Crippen molar-refractivity contribution in [2.75, 3.05) is 0 Å². The maximum atomic E-state index is 13.1. The number of carbonyl (C=O) groups is 1. The van der Waals surface area contributed by atoms with Crippen LogP contribution in [0.3, 0.4) is 0 Å². The molecule has 6 nitrogen and oxygen atoms in total. The van der Waals surface area contributed by atoms with E-state index in [2.05, 4.69) is 4.98 Å². The average Bonchev–Trinajstić information content (AvgIpc) is 3.26. The molecular formula is C25H26FNO5. The molecule has 168 valence electrons. The molecule has 7 heteroatoms. The summed E-state index contributed by atoms with van der Waals surface area (Å²) in [5.74, 6) is -0.197. The Kier molecular flexibility index (Phi) is 6.97. The van der Waals surface area contributed by atoms with Crippen molar-refractivity contribution < 1.29 is 28.2 Å². The molecule has 1 N–H and O–H groups in total. The molecule has 1 saturated carbocycles. The van der Waals surface area contributed by atoms with Crippen molar-refractivity contribution in [1.29, 1.82) is 0 Å². The molecule has 0 radical (unpaired) electrons. The Morgan fingerprint density at radius 2 is 1.84 bits per heavy atom. The number of nitrogens with zero attached hydrogens (tertiary/aromatic N) is 1. The van der Waals surface area contributed by atoms with Crippen LogP contribution in [0, 0.1) is 12.7 Å². The molecule has 0 saturated heterocycles. The third-order valence-electron chi connectivity index (χ3n) is 5.73. The Hall–Kier alpha value is -3.03. The SMILES string of the molecule is Cc1cccc(CO[C@@H]2CCC[C@H](OCc3cnc(-c4ccc(F)cc4)o3)C2)c1C(=O)O. The standard InChI is InChI=1S/C25H26FNO5/c1-16-4-2-5-18(23(16)25(28)29)14-30-20-6-3-7-21(12-20)31-15-22-13-27-24(32-22)17-8-10-19(26)11-9-17/h2,4-5,8-11,13,20-21H,3,6-7,12,14-15H2,1H3,(H,28,29)/t20-,21+/m1/s1. The number of benzene rings is 2. The largest absolute Gasteiger partial charge is 0.478 e. The summed E-state index contributed by atoms with van der Waals surface area (Å²) in [6, 6.07) is 11.4. The summed E-state index contributed by atoms with van der Waals surface area (Å²) in [6.45, 7) is 2.36. The first-order chi connectivity index (χ1) is 15.5. The van der Waals surface area contributed by atoms with Crippen LogP contribution in [0.1, 0.15) is 52.9 Å². The van der Waals surface area contributed by atoms with Gasteiger partial charge < -0.3 is 19.0 Å². The average molecular weight is 439 g/mol. The van der Waals surface area contributed by atoms with Gasteiger partial charge in [-0.2, -0.15) is 0 Å². The van der Waals surface area contributed by atoms with Crippen LogP contribution in [0.15, 0.2) is 53.1 Å². The summed E-state index contributed by atoms with van der Waals surface area (Å²) >= 11 is 0. The van der Waals surface area contributed by atoms with E-state index >= 15 is 0 Å². The van der Waals surface area contributed by atoms with Crippen molar-refractivity contribution in [3.05, 3.63) is 76.9 Å². The number of oxazole rings is 1. The highest BCUT2D eigenvalue weighted by Gasteiger charge is 2.24. The summed E-state index contributed by atoms with van der Waals surface area (Å²) in [6.07, 6.45) is 5.25. The Balaban J connectivity index is 1.29. The lowest BCUT2D eigenvalue weighted by molar-refractivity contribution is -0.0586.